The minimum atomic E-state index is -3.32. The first-order valence-corrected chi connectivity index (χ1v) is 9.92. The number of likely N-dealkylation sites (N-methyl/N-ethyl adjacent to an activating group) is 1. The highest BCUT2D eigenvalue weighted by Gasteiger charge is 2.41. The second kappa shape index (κ2) is 5.58. The first-order chi connectivity index (χ1) is 10.00. The standard InChI is InChI=1S/C13H17N3O2S3/c1-16(7-6-9-3-2-8-19-9)13-11(12(14)15-20-13)21(17,18)10-4-5-10/h2-3,8,10H,4-7H2,1H3,(H2,14,15). The van der Waals surface area contributed by atoms with Crippen molar-refractivity contribution in [1.29, 1.82) is 0 Å². The largest absolute Gasteiger partial charge is 0.382 e. The van der Waals surface area contributed by atoms with Gasteiger partial charge in [-0.2, -0.15) is 4.37 Å². The zero-order chi connectivity index (χ0) is 15.0. The highest BCUT2D eigenvalue weighted by molar-refractivity contribution is 7.92. The number of nitrogens with two attached hydrogens (primary N) is 1. The van der Waals surface area contributed by atoms with Crippen LogP contribution < -0.4 is 10.6 Å². The summed E-state index contributed by atoms with van der Waals surface area (Å²) in [6, 6.07) is 4.11. The van der Waals surface area contributed by atoms with Crippen LogP contribution in [0.2, 0.25) is 0 Å². The van der Waals surface area contributed by atoms with Gasteiger partial charge >= 0.3 is 0 Å². The summed E-state index contributed by atoms with van der Waals surface area (Å²) in [6.07, 6.45) is 2.35. The van der Waals surface area contributed by atoms with Gasteiger partial charge in [-0.05, 0) is 42.2 Å². The third-order valence-corrected chi connectivity index (χ3v) is 7.89. The number of anilines is 2. The molecule has 1 fully saturated rings. The van der Waals surface area contributed by atoms with Crippen molar-refractivity contribution in [3.63, 3.8) is 0 Å². The summed E-state index contributed by atoms with van der Waals surface area (Å²) < 4.78 is 29.1. The van der Waals surface area contributed by atoms with Gasteiger partial charge in [0.15, 0.2) is 15.7 Å². The number of hydrogen-bond acceptors (Lipinski definition) is 7. The van der Waals surface area contributed by atoms with Crippen LogP contribution in [0.25, 0.3) is 0 Å². The minimum absolute atomic E-state index is 0.143. The fourth-order valence-electron chi connectivity index (χ4n) is 2.17. The molecule has 0 aromatic carbocycles. The molecule has 0 amide bonds. The van der Waals surface area contributed by atoms with Gasteiger partial charge < -0.3 is 10.6 Å². The van der Waals surface area contributed by atoms with Gasteiger partial charge in [0.05, 0.1) is 5.25 Å². The second-order valence-corrected chi connectivity index (χ2v) is 9.15. The Hall–Kier alpha value is -1.12. The molecule has 2 heterocycles. The van der Waals surface area contributed by atoms with E-state index in [1.165, 1.54) is 16.4 Å². The summed E-state index contributed by atoms with van der Waals surface area (Å²) in [7, 11) is -1.42. The quantitative estimate of drug-likeness (QED) is 0.871. The predicted octanol–water partition coefficient (Wildman–Crippen LogP) is 2.40. The van der Waals surface area contributed by atoms with Crippen LogP contribution in [0, 0.1) is 0 Å². The van der Waals surface area contributed by atoms with Gasteiger partial charge in [-0.15, -0.1) is 11.3 Å². The van der Waals surface area contributed by atoms with Gasteiger partial charge in [-0.1, -0.05) is 6.07 Å². The maximum Gasteiger partial charge on any atom is 0.187 e. The van der Waals surface area contributed by atoms with Crippen molar-refractivity contribution in [3.8, 4) is 0 Å². The molecular formula is C13H17N3O2S3. The van der Waals surface area contributed by atoms with E-state index in [4.69, 9.17) is 5.73 Å². The van der Waals surface area contributed by atoms with Gasteiger partial charge in [0.25, 0.3) is 0 Å². The van der Waals surface area contributed by atoms with E-state index < -0.39 is 9.84 Å². The molecule has 21 heavy (non-hydrogen) atoms. The molecular weight excluding hydrogens is 326 g/mol. The fourth-order valence-corrected chi connectivity index (χ4v) is 5.91. The van der Waals surface area contributed by atoms with Crippen LogP contribution in [-0.4, -0.2) is 31.6 Å². The Kier molecular flexibility index (Phi) is 3.94. The van der Waals surface area contributed by atoms with Gasteiger partial charge in [-0.3, -0.25) is 0 Å². The van der Waals surface area contributed by atoms with Crippen molar-refractivity contribution in [2.24, 2.45) is 0 Å². The van der Waals surface area contributed by atoms with Gasteiger partial charge in [0.2, 0.25) is 0 Å². The molecule has 0 unspecified atom stereocenters. The Morgan fingerprint density at radius 2 is 2.24 bits per heavy atom. The molecule has 8 heteroatoms. The molecule has 5 nitrogen and oxygen atoms in total. The van der Waals surface area contributed by atoms with E-state index in [-0.39, 0.29) is 16.0 Å². The average Bonchev–Trinajstić information content (AvgIpc) is 3.05. The number of thiophene rings is 1. The van der Waals surface area contributed by atoms with E-state index in [0.29, 0.717) is 5.00 Å². The lowest BCUT2D eigenvalue weighted by Crippen LogP contribution is -2.22. The minimum Gasteiger partial charge on any atom is -0.382 e. The Morgan fingerprint density at radius 3 is 2.86 bits per heavy atom. The van der Waals surface area contributed by atoms with Crippen molar-refractivity contribution in [2.45, 2.75) is 29.4 Å². The number of sulfone groups is 1. The third-order valence-electron chi connectivity index (χ3n) is 3.53. The topological polar surface area (TPSA) is 76.3 Å². The lowest BCUT2D eigenvalue weighted by atomic mass is 10.3. The fraction of sp³-hybridized carbons (Fsp3) is 0.462. The van der Waals surface area contributed by atoms with E-state index in [0.717, 1.165) is 25.8 Å². The molecule has 2 N–H and O–H groups in total. The Labute approximate surface area is 132 Å². The van der Waals surface area contributed by atoms with Gasteiger partial charge in [-0.25, -0.2) is 8.42 Å². The number of nitrogen functional groups attached to an aromatic ring is 1. The molecule has 0 bridgehead atoms. The van der Waals surface area contributed by atoms with Crippen molar-refractivity contribution < 1.29 is 8.42 Å². The van der Waals surface area contributed by atoms with Crippen LogP contribution in [0.3, 0.4) is 0 Å². The molecule has 114 valence electrons. The molecule has 0 aliphatic heterocycles. The van der Waals surface area contributed by atoms with Gasteiger partial charge in [0, 0.05) is 18.5 Å². The molecule has 1 aliphatic rings. The summed E-state index contributed by atoms with van der Waals surface area (Å²) in [4.78, 5) is 3.47. The smallest absolute Gasteiger partial charge is 0.187 e. The second-order valence-electron chi connectivity index (χ2n) is 5.20. The van der Waals surface area contributed by atoms with Crippen LogP contribution in [0.1, 0.15) is 17.7 Å². The summed E-state index contributed by atoms with van der Waals surface area (Å²) in [5, 5.41) is 2.44. The van der Waals surface area contributed by atoms with E-state index in [2.05, 4.69) is 10.4 Å². The molecule has 2 aromatic rings. The maximum absolute atomic E-state index is 12.5. The number of hydrogen-bond donors (Lipinski definition) is 1. The molecule has 0 atom stereocenters. The average molecular weight is 343 g/mol. The molecule has 3 rings (SSSR count). The predicted molar refractivity (Wildman–Crippen MR) is 88.0 cm³/mol. The zero-order valence-electron chi connectivity index (χ0n) is 11.7. The monoisotopic (exact) mass is 343 g/mol. The van der Waals surface area contributed by atoms with E-state index in [9.17, 15) is 8.42 Å². The molecule has 1 saturated carbocycles. The van der Waals surface area contributed by atoms with Crippen molar-refractivity contribution in [3.05, 3.63) is 22.4 Å². The SMILES string of the molecule is CN(CCc1cccs1)c1snc(N)c1S(=O)(=O)C1CC1. The van der Waals surface area contributed by atoms with Crippen LogP contribution in [0.15, 0.2) is 22.4 Å². The van der Waals surface area contributed by atoms with Crippen molar-refractivity contribution in [2.75, 3.05) is 24.2 Å². The Morgan fingerprint density at radius 1 is 1.48 bits per heavy atom. The molecule has 0 spiro atoms. The normalized spacial score (nSPS) is 15.3. The number of nitrogens with zero attached hydrogens (tertiary/aromatic N) is 2. The summed E-state index contributed by atoms with van der Waals surface area (Å²) >= 11 is 2.88. The number of aromatic nitrogens is 1. The number of rotatable bonds is 6. The maximum atomic E-state index is 12.5. The van der Waals surface area contributed by atoms with Crippen LogP contribution in [-0.2, 0) is 16.3 Å². The third kappa shape index (κ3) is 2.93. The van der Waals surface area contributed by atoms with E-state index in [1.54, 1.807) is 11.3 Å². The highest BCUT2D eigenvalue weighted by Crippen LogP contribution is 2.42. The first kappa shape index (κ1) is 14.8. The first-order valence-electron chi connectivity index (χ1n) is 6.72. The van der Waals surface area contributed by atoms with Gasteiger partial charge in [0.1, 0.15) is 9.90 Å². The summed E-state index contributed by atoms with van der Waals surface area (Å²) in [5.41, 5.74) is 5.82. The Balaban J connectivity index is 1.82. The highest BCUT2D eigenvalue weighted by atomic mass is 32.2. The lowest BCUT2D eigenvalue weighted by molar-refractivity contribution is 0.595. The van der Waals surface area contributed by atoms with Crippen LogP contribution in [0.4, 0.5) is 10.8 Å². The lowest BCUT2D eigenvalue weighted by Gasteiger charge is -2.18. The zero-order valence-corrected chi connectivity index (χ0v) is 14.1. The molecule has 1 aliphatic carbocycles. The van der Waals surface area contributed by atoms with E-state index in [1.807, 2.05) is 23.4 Å². The van der Waals surface area contributed by atoms with Crippen molar-refractivity contribution >= 4 is 43.5 Å². The van der Waals surface area contributed by atoms with Crippen molar-refractivity contribution in [1.82, 2.24) is 4.37 Å². The van der Waals surface area contributed by atoms with Crippen LogP contribution in [0.5, 0.6) is 0 Å². The molecule has 0 radical (unpaired) electrons. The van der Waals surface area contributed by atoms with E-state index >= 15 is 0 Å². The summed E-state index contributed by atoms with van der Waals surface area (Å²) in [5.74, 6) is 0.143. The molecule has 2 aromatic heterocycles. The Bertz CT molecular complexity index is 718. The molecule has 0 saturated heterocycles. The summed E-state index contributed by atoms with van der Waals surface area (Å²) in [6.45, 7) is 0.745. The van der Waals surface area contributed by atoms with Crippen LogP contribution >= 0.6 is 22.9 Å².